The molecule has 2 heterocycles. The predicted octanol–water partition coefficient (Wildman–Crippen LogP) is 0.485. The van der Waals surface area contributed by atoms with Gasteiger partial charge in [0.25, 0.3) is 0 Å². The third-order valence-electron chi connectivity index (χ3n) is 3.05. The maximum absolute atomic E-state index is 12.1. The van der Waals surface area contributed by atoms with Gasteiger partial charge in [-0.25, -0.2) is 0 Å². The molecule has 1 N–H and O–H groups in total. The number of carbonyl (C=O) groups excluding carboxylic acids is 2. The number of nitrogens with one attached hydrogen (secondary N) is 1. The van der Waals surface area contributed by atoms with E-state index in [0.29, 0.717) is 19.5 Å². The molecular weight excluding hydrogens is 230 g/mol. The monoisotopic (exact) mass is 247 g/mol. The van der Waals surface area contributed by atoms with E-state index < -0.39 is 0 Å². The molecule has 1 atom stereocenters. The van der Waals surface area contributed by atoms with Crippen molar-refractivity contribution in [2.45, 2.75) is 19.9 Å². The van der Waals surface area contributed by atoms with E-state index in [1.165, 1.54) is 0 Å². The quantitative estimate of drug-likeness (QED) is 0.845. The van der Waals surface area contributed by atoms with Crippen LogP contribution in [-0.2, 0) is 16.1 Å². The third kappa shape index (κ3) is 2.85. The maximum atomic E-state index is 12.1. The van der Waals surface area contributed by atoms with E-state index >= 15 is 0 Å². The first kappa shape index (κ1) is 12.5. The number of nitrogens with zero attached hydrogens (tertiary/aromatic N) is 2. The number of hydrogen-bond donors (Lipinski definition) is 1. The molecule has 1 saturated heterocycles. The molecule has 2 rings (SSSR count). The Morgan fingerprint density at radius 3 is 2.94 bits per heavy atom. The highest BCUT2D eigenvalue weighted by Crippen LogP contribution is 2.13. The van der Waals surface area contributed by atoms with Crippen LogP contribution in [0.3, 0.4) is 0 Å². The smallest absolute Gasteiger partial charge is 0.228 e. The highest BCUT2D eigenvalue weighted by atomic mass is 16.2. The molecule has 18 heavy (non-hydrogen) atoms. The Kier molecular flexibility index (Phi) is 3.60. The molecular formula is C13H17N3O2. The van der Waals surface area contributed by atoms with Gasteiger partial charge in [-0.05, 0) is 19.1 Å². The molecule has 1 aliphatic heterocycles. The molecule has 2 amide bonds. The summed E-state index contributed by atoms with van der Waals surface area (Å²) >= 11 is 0. The van der Waals surface area contributed by atoms with Crippen LogP contribution >= 0.6 is 0 Å². The lowest BCUT2D eigenvalue weighted by atomic mass is 10.1. The van der Waals surface area contributed by atoms with Gasteiger partial charge in [-0.3, -0.25) is 14.6 Å². The summed E-state index contributed by atoms with van der Waals surface area (Å²) in [6.45, 7) is 2.85. The van der Waals surface area contributed by atoms with Crippen LogP contribution in [0.2, 0.25) is 0 Å². The minimum absolute atomic E-state index is 0.00310. The Morgan fingerprint density at radius 1 is 1.56 bits per heavy atom. The Morgan fingerprint density at radius 2 is 2.33 bits per heavy atom. The zero-order valence-corrected chi connectivity index (χ0v) is 10.6. The van der Waals surface area contributed by atoms with Crippen LogP contribution in [0.25, 0.3) is 0 Å². The van der Waals surface area contributed by atoms with Gasteiger partial charge in [0.1, 0.15) is 0 Å². The van der Waals surface area contributed by atoms with Crippen LogP contribution in [0.1, 0.15) is 17.8 Å². The van der Waals surface area contributed by atoms with E-state index in [9.17, 15) is 9.59 Å². The van der Waals surface area contributed by atoms with Crippen molar-refractivity contribution >= 4 is 11.8 Å². The molecule has 1 unspecified atom stereocenters. The molecule has 0 aliphatic carbocycles. The van der Waals surface area contributed by atoms with Crippen LogP contribution in [0.4, 0.5) is 0 Å². The van der Waals surface area contributed by atoms with Crippen molar-refractivity contribution in [3.05, 3.63) is 29.6 Å². The SMILES string of the molecule is Cc1cccc(CN(C)C(=O)C2CNC(=O)C2)n1. The first-order valence-electron chi connectivity index (χ1n) is 6.00. The number of carbonyl (C=O) groups is 2. The Balaban J connectivity index is 1.97. The highest BCUT2D eigenvalue weighted by Gasteiger charge is 2.30. The predicted molar refractivity (Wildman–Crippen MR) is 66.6 cm³/mol. The van der Waals surface area contributed by atoms with Gasteiger partial charge in [0.15, 0.2) is 0 Å². The molecule has 1 fully saturated rings. The molecule has 0 bridgehead atoms. The van der Waals surface area contributed by atoms with E-state index in [4.69, 9.17) is 0 Å². The second kappa shape index (κ2) is 5.16. The van der Waals surface area contributed by atoms with Gasteiger partial charge in [0.05, 0.1) is 18.2 Å². The standard InChI is InChI=1S/C13H17N3O2/c1-9-4-3-5-11(15-9)8-16(2)13(18)10-6-12(17)14-7-10/h3-5,10H,6-8H2,1-2H3,(H,14,17). The van der Waals surface area contributed by atoms with Gasteiger partial charge in [-0.1, -0.05) is 6.07 Å². The lowest BCUT2D eigenvalue weighted by Crippen LogP contribution is -2.33. The summed E-state index contributed by atoms with van der Waals surface area (Å²) in [7, 11) is 1.75. The van der Waals surface area contributed by atoms with Gasteiger partial charge in [0, 0.05) is 25.7 Å². The highest BCUT2D eigenvalue weighted by molar-refractivity contribution is 5.89. The fourth-order valence-corrected chi connectivity index (χ4v) is 2.10. The molecule has 0 spiro atoms. The zero-order chi connectivity index (χ0) is 13.1. The zero-order valence-electron chi connectivity index (χ0n) is 10.6. The van der Waals surface area contributed by atoms with Crippen LogP contribution < -0.4 is 5.32 Å². The van der Waals surface area contributed by atoms with Gasteiger partial charge < -0.3 is 10.2 Å². The van der Waals surface area contributed by atoms with Crippen LogP contribution in [0.15, 0.2) is 18.2 Å². The average Bonchev–Trinajstić information content (AvgIpc) is 2.75. The topological polar surface area (TPSA) is 62.3 Å². The van der Waals surface area contributed by atoms with Gasteiger partial charge in [-0.15, -0.1) is 0 Å². The fraction of sp³-hybridized carbons (Fsp3) is 0.462. The van der Waals surface area contributed by atoms with Crippen LogP contribution in [0, 0.1) is 12.8 Å². The summed E-state index contributed by atoms with van der Waals surface area (Å²) in [6.07, 6.45) is 0.296. The van der Waals surface area contributed by atoms with Gasteiger partial charge >= 0.3 is 0 Å². The number of aryl methyl sites for hydroxylation is 1. The molecule has 5 nitrogen and oxygen atoms in total. The third-order valence-corrected chi connectivity index (χ3v) is 3.05. The van der Waals surface area contributed by atoms with Crippen LogP contribution in [0.5, 0.6) is 0 Å². The average molecular weight is 247 g/mol. The van der Waals surface area contributed by atoms with E-state index in [1.54, 1.807) is 11.9 Å². The van der Waals surface area contributed by atoms with Crippen molar-refractivity contribution in [3.8, 4) is 0 Å². The van der Waals surface area contributed by atoms with Gasteiger partial charge in [-0.2, -0.15) is 0 Å². The second-order valence-corrected chi connectivity index (χ2v) is 4.67. The fourth-order valence-electron chi connectivity index (χ4n) is 2.10. The lowest BCUT2D eigenvalue weighted by Gasteiger charge is -2.19. The van der Waals surface area contributed by atoms with Crippen molar-refractivity contribution in [1.29, 1.82) is 0 Å². The first-order chi connectivity index (χ1) is 8.56. The Hall–Kier alpha value is -1.91. The largest absolute Gasteiger partial charge is 0.355 e. The van der Waals surface area contributed by atoms with Gasteiger partial charge in [0.2, 0.25) is 11.8 Å². The molecule has 0 radical (unpaired) electrons. The van der Waals surface area contributed by atoms with Crippen molar-refractivity contribution in [2.75, 3.05) is 13.6 Å². The molecule has 1 aliphatic rings. The molecule has 1 aromatic heterocycles. The Labute approximate surface area is 106 Å². The van der Waals surface area contributed by atoms with E-state index in [-0.39, 0.29) is 17.7 Å². The van der Waals surface area contributed by atoms with Crippen molar-refractivity contribution in [3.63, 3.8) is 0 Å². The molecule has 5 heteroatoms. The second-order valence-electron chi connectivity index (χ2n) is 4.67. The minimum atomic E-state index is -0.229. The number of amides is 2. The summed E-state index contributed by atoms with van der Waals surface area (Å²) < 4.78 is 0. The lowest BCUT2D eigenvalue weighted by molar-refractivity contribution is -0.135. The summed E-state index contributed by atoms with van der Waals surface area (Å²) in [5, 5.41) is 2.68. The summed E-state index contributed by atoms with van der Waals surface area (Å²) in [5.74, 6) is -0.278. The van der Waals surface area contributed by atoms with E-state index in [1.807, 2.05) is 25.1 Å². The number of rotatable bonds is 3. The number of pyridine rings is 1. The summed E-state index contributed by atoms with van der Waals surface area (Å²) in [6, 6.07) is 5.75. The first-order valence-corrected chi connectivity index (χ1v) is 6.00. The number of aromatic nitrogens is 1. The molecule has 96 valence electrons. The van der Waals surface area contributed by atoms with E-state index in [0.717, 1.165) is 11.4 Å². The van der Waals surface area contributed by atoms with Crippen LogP contribution in [-0.4, -0.2) is 35.3 Å². The summed E-state index contributed by atoms with van der Waals surface area (Å²) in [5.41, 5.74) is 1.80. The summed E-state index contributed by atoms with van der Waals surface area (Å²) in [4.78, 5) is 29.2. The van der Waals surface area contributed by atoms with Crippen molar-refractivity contribution in [2.24, 2.45) is 5.92 Å². The molecule has 0 aromatic carbocycles. The van der Waals surface area contributed by atoms with E-state index in [2.05, 4.69) is 10.3 Å². The molecule has 1 aromatic rings. The minimum Gasteiger partial charge on any atom is -0.355 e. The van der Waals surface area contributed by atoms with Crippen molar-refractivity contribution < 1.29 is 9.59 Å². The maximum Gasteiger partial charge on any atom is 0.228 e. The Bertz CT molecular complexity index is 473. The number of hydrogen-bond acceptors (Lipinski definition) is 3. The molecule has 0 saturated carbocycles. The van der Waals surface area contributed by atoms with Crippen molar-refractivity contribution in [1.82, 2.24) is 15.2 Å². The normalized spacial score (nSPS) is 18.6.